The number of carbonyl (C=O) groups is 1. The van der Waals surface area contributed by atoms with E-state index < -0.39 is 11.7 Å². The van der Waals surface area contributed by atoms with E-state index in [1.807, 2.05) is 0 Å². The largest absolute Gasteiger partial charge is 0.417 e. The molecule has 1 amide bonds. The van der Waals surface area contributed by atoms with Crippen LogP contribution in [0, 0.1) is 0 Å². The molecule has 0 aliphatic carbocycles. The Morgan fingerprint density at radius 2 is 1.69 bits per heavy atom. The van der Waals surface area contributed by atoms with Gasteiger partial charge in [0.2, 0.25) is 5.91 Å². The highest BCUT2D eigenvalue weighted by Gasteiger charge is 2.33. The molecule has 4 nitrogen and oxygen atoms in total. The molecule has 29 heavy (non-hydrogen) atoms. The molecule has 0 saturated carbocycles. The average Bonchev–Trinajstić information content (AvgIpc) is 2.72. The summed E-state index contributed by atoms with van der Waals surface area (Å²) in [6.45, 7) is 4.38. The predicted octanol–water partition coefficient (Wildman–Crippen LogP) is 4.81. The number of amides is 1. The second-order valence-electron chi connectivity index (χ2n) is 7.08. The van der Waals surface area contributed by atoms with Crippen molar-refractivity contribution in [1.82, 2.24) is 4.90 Å². The standard InChI is InChI=1S/C22H25F3N2O2/c23-22(24,25)20-6-2-1-5-19(20)17-8-10-18(11-9-17)26-21(28)7-3-4-12-27-13-15-29-16-14-27/h1-2,5-6,8-11H,3-4,7,12-16H2,(H,26,28). The van der Waals surface area contributed by atoms with Gasteiger partial charge in [0.25, 0.3) is 0 Å². The van der Waals surface area contributed by atoms with Crippen LogP contribution in [0.1, 0.15) is 24.8 Å². The third kappa shape index (κ3) is 6.30. The number of nitrogens with zero attached hydrogens (tertiary/aromatic N) is 1. The van der Waals surface area contributed by atoms with Crippen LogP contribution in [0.25, 0.3) is 11.1 Å². The summed E-state index contributed by atoms with van der Waals surface area (Å²) >= 11 is 0. The first kappa shape index (κ1) is 21.3. The maximum absolute atomic E-state index is 13.2. The first-order valence-corrected chi connectivity index (χ1v) is 9.80. The number of carbonyl (C=O) groups excluding carboxylic acids is 1. The lowest BCUT2D eigenvalue weighted by Gasteiger charge is -2.26. The number of ether oxygens (including phenoxy) is 1. The summed E-state index contributed by atoms with van der Waals surface area (Å²) in [5, 5.41) is 2.81. The summed E-state index contributed by atoms with van der Waals surface area (Å²) in [6.07, 6.45) is -2.26. The van der Waals surface area contributed by atoms with E-state index in [0.29, 0.717) is 17.7 Å². The molecular weight excluding hydrogens is 381 g/mol. The molecule has 0 radical (unpaired) electrons. The molecule has 1 N–H and O–H groups in total. The zero-order chi connectivity index (χ0) is 20.7. The number of alkyl halides is 3. The first-order valence-electron chi connectivity index (χ1n) is 9.80. The summed E-state index contributed by atoms with van der Waals surface area (Å²) in [5.74, 6) is -0.0876. The highest BCUT2D eigenvalue weighted by atomic mass is 19.4. The molecule has 0 aromatic heterocycles. The van der Waals surface area contributed by atoms with Gasteiger partial charge < -0.3 is 10.1 Å². The Kier molecular flexibility index (Phi) is 7.28. The monoisotopic (exact) mass is 406 g/mol. The van der Waals surface area contributed by atoms with Gasteiger partial charge in [0.15, 0.2) is 0 Å². The Balaban J connectivity index is 1.50. The van der Waals surface area contributed by atoms with E-state index in [4.69, 9.17) is 4.74 Å². The van der Waals surface area contributed by atoms with Gasteiger partial charge in [-0.05, 0) is 48.7 Å². The van der Waals surface area contributed by atoms with Crippen molar-refractivity contribution in [2.24, 2.45) is 0 Å². The van der Waals surface area contributed by atoms with Crippen LogP contribution in [0.4, 0.5) is 18.9 Å². The number of unbranched alkanes of at least 4 members (excludes halogenated alkanes) is 1. The molecule has 0 unspecified atom stereocenters. The van der Waals surface area contributed by atoms with Crippen LogP contribution in [0.2, 0.25) is 0 Å². The van der Waals surface area contributed by atoms with Gasteiger partial charge in [0.05, 0.1) is 18.8 Å². The van der Waals surface area contributed by atoms with Crippen LogP contribution in [-0.2, 0) is 15.7 Å². The van der Waals surface area contributed by atoms with Crippen LogP contribution < -0.4 is 5.32 Å². The van der Waals surface area contributed by atoms with Crippen molar-refractivity contribution in [3.8, 4) is 11.1 Å². The van der Waals surface area contributed by atoms with Gasteiger partial charge in [-0.1, -0.05) is 30.3 Å². The van der Waals surface area contributed by atoms with E-state index in [9.17, 15) is 18.0 Å². The maximum atomic E-state index is 13.2. The minimum absolute atomic E-state index is 0.0876. The molecule has 3 rings (SSSR count). The lowest BCUT2D eigenvalue weighted by atomic mass is 9.99. The predicted molar refractivity (Wildman–Crippen MR) is 107 cm³/mol. The molecule has 156 valence electrons. The molecule has 0 bridgehead atoms. The number of benzene rings is 2. The summed E-state index contributed by atoms with van der Waals surface area (Å²) in [7, 11) is 0. The number of hydrogen-bond acceptors (Lipinski definition) is 3. The second-order valence-corrected chi connectivity index (χ2v) is 7.08. The maximum Gasteiger partial charge on any atom is 0.417 e. The van der Waals surface area contributed by atoms with E-state index in [-0.39, 0.29) is 11.5 Å². The number of morpholine rings is 1. The molecule has 0 atom stereocenters. The van der Waals surface area contributed by atoms with Crippen molar-refractivity contribution >= 4 is 11.6 Å². The fourth-order valence-corrected chi connectivity index (χ4v) is 3.38. The Bertz CT molecular complexity index is 800. The Morgan fingerprint density at radius 1 is 1.00 bits per heavy atom. The minimum atomic E-state index is -4.41. The van der Waals surface area contributed by atoms with E-state index in [1.165, 1.54) is 12.1 Å². The summed E-state index contributed by atoms with van der Waals surface area (Å²) < 4.78 is 44.9. The normalized spacial score (nSPS) is 15.3. The fraction of sp³-hybridized carbons (Fsp3) is 0.409. The van der Waals surface area contributed by atoms with Crippen molar-refractivity contribution in [2.75, 3.05) is 38.2 Å². The van der Waals surface area contributed by atoms with Crippen molar-refractivity contribution < 1.29 is 22.7 Å². The molecule has 1 saturated heterocycles. The number of anilines is 1. The molecule has 0 spiro atoms. The van der Waals surface area contributed by atoms with Gasteiger partial charge in [-0.2, -0.15) is 13.2 Å². The molecule has 2 aromatic carbocycles. The van der Waals surface area contributed by atoms with Gasteiger partial charge in [0.1, 0.15) is 0 Å². The lowest BCUT2D eigenvalue weighted by molar-refractivity contribution is -0.137. The number of rotatable bonds is 7. The third-order valence-corrected chi connectivity index (χ3v) is 4.94. The smallest absolute Gasteiger partial charge is 0.379 e. The van der Waals surface area contributed by atoms with Crippen molar-refractivity contribution in [3.63, 3.8) is 0 Å². The Hall–Kier alpha value is -2.38. The average molecular weight is 406 g/mol. The Morgan fingerprint density at radius 3 is 2.38 bits per heavy atom. The molecular formula is C22H25F3N2O2. The Labute approximate surface area is 168 Å². The molecule has 1 heterocycles. The topological polar surface area (TPSA) is 41.6 Å². The number of halogens is 3. The molecule has 1 aliphatic rings. The fourth-order valence-electron chi connectivity index (χ4n) is 3.38. The number of nitrogens with one attached hydrogen (secondary N) is 1. The van der Waals surface area contributed by atoms with Crippen LogP contribution in [0.3, 0.4) is 0 Å². The summed E-state index contributed by atoms with van der Waals surface area (Å²) in [6, 6.07) is 11.9. The van der Waals surface area contributed by atoms with E-state index >= 15 is 0 Å². The summed E-state index contributed by atoms with van der Waals surface area (Å²) in [5.41, 5.74) is 0.496. The zero-order valence-corrected chi connectivity index (χ0v) is 16.2. The van der Waals surface area contributed by atoms with Gasteiger partial charge in [-0.3, -0.25) is 9.69 Å². The van der Waals surface area contributed by atoms with Crippen molar-refractivity contribution in [3.05, 3.63) is 54.1 Å². The lowest BCUT2D eigenvalue weighted by Crippen LogP contribution is -2.36. The van der Waals surface area contributed by atoms with Crippen molar-refractivity contribution in [1.29, 1.82) is 0 Å². The van der Waals surface area contributed by atoms with Gasteiger partial charge in [-0.25, -0.2) is 0 Å². The minimum Gasteiger partial charge on any atom is -0.379 e. The van der Waals surface area contributed by atoms with E-state index in [1.54, 1.807) is 30.3 Å². The second kappa shape index (κ2) is 9.89. The van der Waals surface area contributed by atoms with Crippen molar-refractivity contribution in [2.45, 2.75) is 25.4 Å². The van der Waals surface area contributed by atoms with Crippen LogP contribution in [0.15, 0.2) is 48.5 Å². The highest BCUT2D eigenvalue weighted by molar-refractivity contribution is 5.91. The number of hydrogen-bond donors (Lipinski definition) is 1. The van der Waals surface area contributed by atoms with Crippen LogP contribution in [0.5, 0.6) is 0 Å². The van der Waals surface area contributed by atoms with Gasteiger partial charge in [-0.15, -0.1) is 0 Å². The van der Waals surface area contributed by atoms with Crippen LogP contribution in [-0.4, -0.2) is 43.7 Å². The molecule has 2 aromatic rings. The van der Waals surface area contributed by atoms with Gasteiger partial charge in [0, 0.05) is 25.2 Å². The SMILES string of the molecule is O=C(CCCCN1CCOCC1)Nc1ccc(-c2ccccc2C(F)(F)F)cc1. The molecule has 1 aliphatic heterocycles. The highest BCUT2D eigenvalue weighted by Crippen LogP contribution is 2.37. The molecule has 1 fully saturated rings. The quantitative estimate of drug-likeness (QED) is 0.671. The van der Waals surface area contributed by atoms with E-state index in [0.717, 1.165) is 51.8 Å². The first-order chi connectivity index (χ1) is 13.9. The van der Waals surface area contributed by atoms with E-state index in [2.05, 4.69) is 10.2 Å². The molecule has 7 heteroatoms. The van der Waals surface area contributed by atoms with Crippen LogP contribution >= 0.6 is 0 Å². The zero-order valence-electron chi connectivity index (χ0n) is 16.2. The third-order valence-electron chi connectivity index (χ3n) is 4.94. The summed E-state index contributed by atoms with van der Waals surface area (Å²) in [4.78, 5) is 14.4. The van der Waals surface area contributed by atoms with Gasteiger partial charge >= 0.3 is 6.18 Å².